The van der Waals surface area contributed by atoms with Gasteiger partial charge in [0.15, 0.2) is 18.1 Å². The maximum absolute atomic E-state index is 12.3. The minimum atomic E-state index is -0.148. The van der Waals surface area contributed by atoms with Gasteiger partial charge in [0.2, 0.25) is 0 Å². The van der Waals surface area contributed by atoms with Crippen LogP contribution in [0.2, 0.25) is 5.02 Å². The zero-order valence-electron chi connectivity index (χ0n) is 15.0. The molecular formula is C21H21ClN2O3. The van der Waals surface area contributed by atoms with Gasteiger partial charge in [-0.05, 0) is 48.7 Å². The minimum Gasteiger partial charge on any atom is -0.493 e. The molecule has 0 saturated heterocycles. The molecule has 1 aromatic heterocycles. The fourth-order valence-corrected chi connectivity index (χ4v) is 3.60. The van der Waals surface area contributed by atoms with E-state index in [1.54, 1.807) is 19.2 Å². The van der Waals surface area contributed by atoms with E-state index >= 15 is 0 Å². The number of hydrogen-bond acceptors (Lipinski definition) is 3. The van der Waals surface area contributed by atoms with Crippen LogP contribution in [0.4, 0.5) is 0 Å². The Labute approximate surface area is 162 Å². The molecule has 6 heteroatoms. The van der Waals surface area contributed by atoms with Gasteiger partial charge < -0.3 is 19.8 Å². The number of hydrogen-bond donors (Lipinski definition) is 2. The predicted octanol–water partition coefficient (Wildman–Crippen LogP) is 4.06. The van der Waals surface area contributed by atoms with Crippen LogP contribution in [-0.2, 0) is 10.2 Å². The largest absolute Gasteiger partial charge is 0.493 e. The number of methoxy groups -OCH3 is 1. The number of H-pyrrole nitrogens is 1. The number of carbonyl (C=O) groups excluding carboxylic acids is 1. The second-order valence-electron chi connectivity index (χ2n) is 6.89. The molecule has 2 N–H and O–H groups in total. The van der Waals surface area contributed by atoms with Gasteiger partial charge in [0.1, 0.15) is 0 Å². The molecule has 0 atom stereocenters. The second kappa shape index (κ2) is 7.16. The average Bonchev–Trinajstić information content (AvgIpc) is 3.36. The van der Waals surface area contributed by atoms with E-state index in [-0.39, 0.29) is 17.9 Å². The standard InChI is InChI=1S/C21H21ClN2O3/c1-26-18-4-2-3-5-19(18)27-12-20(25)24-13-21(8-9-21)16-11-23-17-7-6-14(22)10-15(16)17/h2-7,10-11,23H,8-9,12-13H2,1H3,(H,24,25). The lowest BCUT2D eigenvalue weighted by molar-refractivity contribution is -0.123. The van der Waals surface area contributed by atoms with E-state index in [0.29, 0.717) is 23.1 Å². The van der Waals surface area contributed by atoms with E-state index in [1.165, 1.54) is 5.56 Å². The molecule has 1 aliphatic rings. The van der Waals surface area contributed by atoms with Crippen molar-refractivity contribution in [1.29, 1.82) is 0 Å². The van der Waals surface area contributed by atoms with E-state index in [0.717, 1.165) is 23.7 Å². The summed E-state index contributed by atoms with van der Waals surface area (Å²) in [5, 5.41) is 4.85. The summed E-state index contributed by atoms with van der Waals surface area (Å²) < 4.78 is 10.8. The Morgan fingerprint density at radius 2 is 2.00 bits per heavy atom. The molecule has 0 aliphatic heterocycles. The number of carbonyl (C=O) groups is 1. The molecule has 1 fully saturated rings. The summed E-state index contributed by atoms with van der Waals surface area (Å²) in [6, 6.07) is 13.1. The molecule has 0 unspecified atom stereocenters. The first-order valence-corrected chi connectivity index (χ1v) is 9.29. The van der Waals surface area contributed by atoms with Crippen LogP contribution in [-0.4, -0.2) is 31.2 Å². The van der Waals surface area contributed by atoms with Crippen LogP contribution in [0.15, 0.2) is 48.7 Å². The number of para-hydroxylation sites is 2. The van der Waals surface area contributed by atoms with Gasteiger partial charge >= 0.3 is 0 Å². The summed E-state index contributed by atoms with van der Waals surface area (Å²) >= 11 is 6.16. The Morgan fingerprint density at radius 1 is 1.22 bits per heavy atom. The highest BCUT2D eigenvalue weighted by Crippen LogP contribution is 2.50. The van der Waals surface area contributed by atoms with Crippen molar-refractivity contribution in [3.05, 3.63) is 59.2 Å². The zero-order chi connectivity index (χ0) is 18.9. The van der Waals surface area contributed by atoms with Gasteiger partial charge in [0.25, 0.3) is 5.91 Å². The summed E-state index contributed by atoms with van der Waals surface area (Å²) in [7, 11) is 1.58. The highest BCUT2D eigenvalue weighted by molar-refractivity contribution is 6.31. The van der Waals surface area contributed by atoms with Gasteiger partial charge in [-0.25, -0.2) is 0 Å². The van der Waals surface area contributed by atoms with Crippen molar-refractivity contribution < 1.29 is 14.3 Å². The number of aromatic amines is 1. The number of nitrogens with one attached hydrogen (secondary N) is 2. The Kier molecular flexibility index (Phi) is 4.70. The summed E-state index contributed by atoms with van der Waals surface area (Å²) in [6.07, 6.45) is 4.12. The van der Waals surface area contributed by atoms with Crippen LogP contribution in [0.5, 0.6) is 11.5 Å². The van der Waals surface area contributed by atoms with Crippen molar-refractivity contribution in [2.45, 2.75) is 18.3 Å². The molecule has 1 aliphatic carbocycles. The van der Waals surface area contributed by atoms with E-state index < -0.39 is 0 Å². The maximum atomic E-state index is 12.3. The van der Waals surface area contributed by atoms with E-state index in [2.05, 4.69) is 10.3 Å². The van der Waals surface area contributed by atoms with Crippen LogP contribution in [0.25, 0.3) is 10.9 Å². The maximum Gasteiger partial charge on any atom is 0.257 e. The molecule has 140 valence electrons. The summed E-state index contributed by atoms with van der Waals surface area (Å²) in [5.74, 6) is 1.02. The van der Waals surface area contributed by atoms with Gasteiger partial charge in [-0.15, -0.1) is 0 Å². The van der Waals surface area contributed by atoms with Crippen LogP contribution < -0.4 is 14.8 Å². The van der Waals surface area contributed by atoms with Crippen molar-refractivity contribution in [3.63, 3.8) is 0 Å². The summed E-state index contributed by atoms with van der Waals surface area (Å²) in [5.41, 5.74) is 2.25. The van der Waals surface area contributed by atoms with Crippen LogP contribution in [0.1, 0.15) is 18.4 Å². The van der Waals surface area contributed by atoms with Crippen molar-refractivity contribution in [2.75, 3.05) is 20.3 Å². The second-order valence-corrected chi connectivity index (χ2v) is 7.33. The van der Waals surface area contributed by atoms with Crippen molar-refractivity contribution >= 4 is 28.4 Å². The average molecular weight is 385 g/mol. The molecule has 2 aromatic carbocycles. The first-order valence-electron chi connectivity index (χ1n) is 8.91. The lowest BCUT2D eigenvalue weighted by atomic mass is 9.95. The Hall–Kier alpha value is -2.66. The summed E-state index contributed by atoms with van der Waals surface area (Å²) in [6.45, 7) is 0.538. The van der Waals surface area contributed by atoms with Gasteiger partial charge in [-0.2, -0.15) is 0 Å². The number of benzene rings is 2. The molecule has 3 aromatic rings. The predicted molar refractivity (Wildman–Crippen MR) is 106 cm³/mol. The van der Waals surface area contributed by atoms with E-state index in [1.807, 2.05) is 36.5 Å². The van der Waals surface area contributed by atoms with Gasteiger partial charge in [0, 0.05) is 34.1 Å². The molecule has 1 saturated carbocycles. The molecule has 27 heavy (non-hydrogen) atoms. The van der Waals surface area contributed by atoms with Gasteiger partial charge in [-0.1, -0.05) is 23.7 Å². The van der Waals surface area contributed by atoms with Crippen LogP contribution in [0, 0.1) is 0 Å². The van der Waals surface area contributed by atoms with Gasteiger partial charge in [0.05, 0.1) is 7.11 Å². The molecule has 0 spiro atoms. The minimum absolute atomic E-state index is 0.0248. The Balaban J connectivity index is 1.39. The lowest BCUT2D eigenvalue weighted by Crippen LogP contribution is -2.35. The highest BCUT2D eigenvalue weighted by atomic mass is 35.5. The first kappa shape index (κ1) is 17.7. The Bertz CT molecular complexity index is 978. The normalized spacial score (nSPS) is 14.7. The molecule has 1 heterocycles. The molecule has 5 nitrogen and oxygen atoms in total. The number of halogens is 1. The third-order valence-electron chi connectivity index (χ3n) is 5.12. The molecule has 0 radical (unpaired) electrons. The third kappa shape index (κ3) is 3.60. The highest BCUT2D eigenvalue weighted by Gasteiger charge is 2.45. The number of fused-ring (bicyclic) bond motifs is 1. The number of amides is 1. The van der Waals surface area contributed by atoms with Crippen molar-refractivity contribution in [3.8, 4) is 11.5 Å². The lowest BCUT2D eigenvalue weighted by Gasteiger charge is -2.16. The molecule has 1 amide bonds. The van der Waals surface area contributed by atoms with E-state index in [4.69, 9.17) is 21.1 Å². The fourth-order valence-electron chi connectivity index (χ4n) is 3.42. The van der Waals surface area contributed by atoms with Crippen LogP contribution >= 0.6 is 11.6 Å². The topological polar surface area (TPSA) is 63.4 Å². The third-order valence-corrected chi connectivity index (χ3v) is 5.36. The van der Waals surface area contributed by atoms with E-state index in [9.17, 15) is 4.79 Å². The molecular weight excluding hydrogens is 364 g/mol. The zero-order valence-corrected chi connectivity index (χ0v) is 15.8. The number of ether oxygens (including phenoxy) is 2. The summed E-state index contributed by atoms with van der Waals surface area (Å²) in [4.78, 5) is 15.6. The van der Waals surface area contributed by atoms with Crippen LogP contribution in [0.3, 0.4) is 0 Å². The smallest absolute Gasteiger partial charge is 0.257 e. The quantitative estimate of drug-likeness (QED) is 0.645. The van der Waals surface area contributed by atoms with Crippen molar-refractivity contribution in [1.82, 2.24) is 10.3 Å². The van der Waals surface area contributed by atoms with Crippen molar-refractivity contribution in [2.24, 2.45) is 0 Å². The number of aromatic nitrogens is 1. The fraction of sp³-hybridized carbons (Fsp3) is 0.286. The SMILES string of the molecule is COc1ccccc1OCC(=O)NCC1(c2c[nH]c3ccc(Cl)cc23)CC1. The monoisotopic (exact) mass is 384 g/mol. The molecule has 4 rings (SSSR count). The molecule has 0 bridgehead atoms. The van der Waals surface area contributed by atoms with Gasteiger partial charge in [-0.3, -0.25) is 4.79 Å². The first-order chi connectivity index (χ1) is 13.1. The number of rotatable bonds is 7. The Morgan fingerprint density at radius 3 is 2.74 bits per heavy atom.